The van der Waals surface area contributed by atoms with Crippen LogP contribution < -0.4 is 16.2 Å². The number of imidazole rings is 1. The Balaban J connectivity index is 1.73. The van der Waals surface area contributed by atoms with Gasteiger partial charge in [0.25, 0.3) is 0 Å². The van der Waals surface area contributed by atoms with E-state index in [0.717, 1.165) is 25.0 Å². The normalized spacial score (nSPS) is 16.0. The van der Waals surface area contributed by atoms with Crippen molar-refractivity contribution in [3.8, 4) is 5.75 Å². The lowest BCUT2D eigenvalue weighted by Gasteiger charge is -2.20. The predicted molar refractivity (Wildman–Crippen MR) is 120 cm³/mol. The van der Waals surface area contributed by atoms with Crippen molar-refractivity contribution < 1.29 is 4.74 Å². The SMILES string of the molecule is COc1ccc(I)c(Sc2nc3c(N)ncnc3n2CC(N)C2CCCC2)c1. The molecule has 1 saturated carbocycles. The summed E-state index contributed by atoms with van der Waals surface area (Å²) in [5.41, 5.74) is 14.0. The van der Waals surface area contributed by atoms with E-state index in [1.807, 2.05) is 18.2 Å². The minimum absolute atomic E-state index is 0.0693. The summed E-state index contributed by atoms with van der Waals surface area (Å²) in [5.74, 6) is 1.75. The summed E-state index contributed by atoms with van der Waals surface area (Å²) in [6.45, 7) is 0.667. The van der Waals surface area contributed by atoms with Gasteiger partial charge in [-0.2, -0.15) is 0 Å². The Morgan fingerprint density at radius 1 is 1.32 bits per heavy atom. The Kier molecular flexibility index (Phi) is 5.93. The molecular weight excluding hydrogens is 487 g/mol. The summed E-state index contributed by atoms with van der Waals surface area (Å²) >= 11 is 3.90. The number of anilines is 1. The van der Waals surface area contributed by atoms with Crippen LogP contribution in [0.3, 0.4) is 0 Å². The van der Waals surface area contributed by atoms with Gasteiger partial charge in [0, 0.05) is 21.1 Å². The monoisotopic (exact) mass is 510 g/mol. The summed E-state index contributed by atoms with van der Waals surface area (Å²) in [6.07, 6.45) is 6.41. The van der Waals surface area contributed by atoms with Gasteiger partial charge in [0.2, 0.25) is 0 Å². The van der Waals surface area contributed by atoms with Gasteiger partial charge in [-0.05, 0) is 59.5 Å². The molecule has 2 heterocycles. The van der Waals surface area contributed by atoms with E-state index in [0.29, 0.717) is 23.8 Å². The highest BCUT2D eigenvalue weighted by atomic mass is 127. The number of hydrogen-bond acceptors (Lipinski definition) is 7. The average Bonchev–Trinajstić information content (AvgIpc) is 3.34. The molecule has 148 valence electrons. The Hall–Kier alpha value is -1.59. The van der Waals surface area contributed by atoms with E-state index in [9.17, 15) is 0 Å². The molecule has 28 heavy (non-hydrogen) atoms. The third-order valence-electron chi connectivity index (χ3n) is 5.26. The summed E-state index contributed by atoms with van der Waals surface area (Å²) < 4.78 is 8.60. The number of rotatable bonds is 6. The van der Waals surface area contributed by atoms with Crippen LogP contribution in [0.2, 0.25) is 0 Å². The number of methoxy groups -OCH3 is 1. The van der Waals surface area contributed by atoms with Crippen molar-refractivity contribution in [2.45, 2.75) is 48.3 Å². The number of fused-ring (bicyclic) bond motifs is 1. The van der Waals surface area contributed by atoms with Gasteiger partial charge in [0.15, 0.2) is 22.1 Å². The third kappa shape index (κ3) is 3.92. The molecule has 9 heteroatoms. The van der Waals surface area contributed by atoms with Crippen molar-refractivity contribution >= 4 is 51.3 Å². The van der Waals surface area contributed by atoms with E-state index in [-0.39, 0.29) is 6.04 Å². The standard InChI is InChI=1S/C19H23IN6OS/c1-27-12-6-7-13(20)15(8-12)28-19-25-16-17(22)23-10-24-18(16)26(19)9-14(21)11-4-2-3-5-11/h6-8,10-11,14H,2-5,9,21H2,1H3,(H2,22,23,24). The molecule has 0 amide bonds. The number of benzene rings is 1. The van der Waals surface area contributed by atoms with E-state index in [2.05, 4.69) is 37.1 Å². The molecule has 0 spiro atoms. The van der Waals surface area contributed by atoms with E-state index in [1.165, 1.54) is 32.0 Å². The van der Waals surface area contributed by atoms with Crippen molar-refractivity contribution in [2.75, 3.05) is 12.8 Å². The van der Waals surface area contributed by atoms with Crippen LogP contribution in [0.5, 0.6) is 5.75 Å². The fourth-order valence-electron chi connectivity index (χ4n) is 3.71. The number of nitrogens with zero attached hydrogens (tertiary/aromatic N) is 4. The van der Waals surface area contributed by atoms with Crippen molar-refractivity contribution in [1.29, 1.82) is 0 Å². The zero-order valence-corrected chi connectivity index (χ0v) is 18.6. The lowest BCUT2D eigenvalue weighted by Crippen LogP contribution is -2.33. The molecule has 1 aromatic carbocycles. The molecule has 1 atom stereocenters. The van der Waals surface area contributed by atoms with Crippen molar-refractivity contribution in [3.63, 3.8) is 0 Å². The highest BCUT2D eigenvalue weighted by molar-refractivity contribution is 14.1. The van der Waals surface area contributed by atoms with E-state index in [4.69, 9.17) is 21.2 Å². The van der Waals surface area contributed by atoms with Crippen LogP contribution >= 0.6 is 34.4 Å². The van der Waals surface area contributed by atoms with Crippen molar-refractivity contribution in [1.82, 2.24) is 19.5 Å². The second kappa shape index (κ2) is 8.42. The molecular formula is C19H23IN6OS. The first kappa shape index (κ1) is 19.7. The first-order valence-electron chi connectivity index (χ1n) is 9.30. The summed E-state index contributed by atoms with van der Waals surface area (Å²) in [6, 6.07) is 6.07. The van der Waals surface area contributed by atoms with Gasteiger partial charge in [-0.1, -0.05) is 24.6 Å². The minimum atomic E-state index is 0.0693. The smallest absolute Gasteiger partial charge is 0.175 e. The van der Waals surface area contributed by atoms with Crippen LogP contribution in [-0.4, -0.2) is 32.7 Å². The van der Waals surface area contributed by atoms with Crippen LogP contribution in [0.4, 0.5) is 5.82 Å². The second-order valence-corrected chi connectivity index (χ2v) is 9.21. The lowest BCUT2D eigenvalue weighted by molar-refractivity contribution is 0.381. The Morgan fingerprint density at radius 3 is 2.86 bits per heavy atom. The largest absolute Gasteiger partial charge is 0.497 e. The number of hydrogen-bond donors (Lipinski definition) is 2. The summed E-state index contributed by atoms with van der Waals surface area (Å²) in [7, 11) is 1.67. The molecule has 7 nitrogen and oxygen atoms in total. The second-order valence-electron chi connectivity index (χ2n) is 7.04. The molecule has 1 aliphatic carbocycles. The van der Waals surface area contributed by atoms with Crippen LogP contribution in [0, 0.1) is 9.49 Å². The number of nitrogen functional groups attached to an aromatic ring is 1. The Morgan fingerprint density at radius 2 is 2.11 bits per heavy atom. The van der Waals surface area contributed by atoms with E-state index < -0.39 is 0 Å². The maximum Gasteiger partial charge on any atom is 0.175 e. The van der Waals surface area contributed by atoms with Crippen molar-refractivity contribution in [2.24, 2.45) is 11.7 Å². The molecule has 0 saturated heterocycles. The Bertz CT molecular complexity index is 988. The molecule has 0 aliphatic heterocycles. The maximum absolute atomic E-state index is 6.58. The zero-order valence-electron chi connectivity index (χ0n) is 15.6. The maximum atomic E-state index is 6.58. The Labute approximate surface area is 181 Å². The highest BCUT2D eigenvalue weighted by Crippen LogP contribution is 2.36. The third-order valence-corrected chi connectivity index (χ3v) is 7.62. The fourth-order valence-corrected chi connectivity index (χ4v) is 5.32. The number of aromatic nitrogens is 4. The average molecular weight is 510 g/mol. The number of nitrogens with two attached hydrogens (primary N) is 2. The molecule has 1 unspecified atom stereocenters. The fraction of sp³-hybridized carbons (Fsp3) is 0.421. The van der Waals surface area contributed by atoms with Crippen LogP contribution in [0.1, 0.15) is 25.7 Å². The topological polar surface area (TPSA) is 105 Å². The van der Waals surface area contributed by atoms with Gasteiger partial charge in [0.1, 0.15) is 12.1 Å². The predicted octanol–water partition coefficient (Wildman–Crippen LogP) is 3.69. The lowest BCUT2D eigenvalue weighted by atomic mass is 9.99. The molecule has 2 aromatic heterocycles. The first-order valence-corrected chi connectivity index (χ1v) is 11.2. The molecule has 0 radical (unpaired) electrons. The van der Waals surface area contributed by atoms with Gasteiger partial charge < -0.3 is 20.8 Å². The van der Waals surface area contributed by atoms with Gasteiger partial charge in [-0.15, -0.1) is 0 Å². The van der Waals surface area contributed by atoms with Gasteiger partial charge in [-0.3, -0.25) is 0 Å². The van der Waals surface area contributed by atoms with Gasteiger partial charge >= 0.3 is 0 Å². The molecule has 0 bridgehead atoms. The molecule has 1 aliphatic rings. The molecule has 4 N–H and O–H groups in total. The molecule has 4 rings (SSSR count). The molecule has 3 aromatic rings. The minimum Gasteiger partial charge on any atom is -0.497 e. The zero-order chi connectivity index (χ0) is 19.7. The number of halogens is 1. The van der Waals surface area contributed by atoms with Crippen LogP contribution in [-0.2, 0) is 6.54 Å². The van der Waals surface area contributed by atoms with Gasteiger partial charge in [-0.25, -0.2) is 15.0 Å². The number of ether oxygens (including phenoxy) is 1. The van der Waals surface area contributed by atoms with E-state index in [1.54, 1.807) is 18.9 Å². The van der Waals surface area contributed by atoms with Crippen LogP contribution in [0.15, 0.2) is 34.6 Å². The summed E-state index contributed by atoms with van der Waals surface area (Å²) in [4.78, 5) is 14.4. The van der Waals surface area contributed by atoms with E-state index >= 15 is 0 Å². The summed E-state index contributed by atoms with van der Waals surface area (Å²) in [5, 5.41) is 0.821. The van der Waals surface area contributed by atoms with Crippen LogP contribution in [0.25, 0.3) is 11.2 Å². The van der Waals surface area contributed by atoms with Crippen molar-refractivity contribution in [3.05, 3.63) is 28.1 Å². The van der Waals surface area contributed by atoms with Gasteiger partial charge in [0.05, 0.1) is 7.11 Å². The molecule has 1 fully saturated rings. The first-order chi connectivity index (χ1) is 13.6. The quantitative estimate of drug-likeness (QED) is 0.488. The highest BCUT2D eigenvalue weighted by Gasteiger charge is 2.25.